The smallest absolute Gasteiger partial charge is 0.160 e. The number of fused-ring (bicyclic) bond motifs is 9. The molecule has 7 nitrogen and oxygen atoms in total. The number of benzene rings is 13. The van der Waals surface area contributed by atoms with Crippen molar-refractivity contribution in [2.24, 2.45) is 0 Å². The van der Waals surface area contributed by atoms with E-state index in [1.54, 1.807) is 0 Å². The van der Waals surface area contributed by atoms with Gasteiger partial charge in [0.15, 0.2) is 5.82 Å². The summed E-state index contributed by atoms with van der Waals surface area (Å²) in [7, 11) is 0. The standard InChI is InChI=1S/C84H51N7/c85-52-54-27-31-56(32-28-54)62-39-45-81-73(47-62)74-48-63(57-33-29-55(53-86)30-34-57)40-46-82(74)91(81)83-71(58-35-41-65(42-36-58)89-77-23-11-7-19-67(77)68-20-8-12-24-78(68)89)49-64(84-87-75(60-15-3-1-4-16-60)51-76(88-84)61-17-5-2-6-18-61)50-72(83)59-37-43-66(44-38-59)90-79-25-13-9-21-69(79)70-22-10-14-26-80(70)90/h1-51H. The molecule has 422 valence electrons. The molecule has 0 aliphatic rings. The molecular formula is C84H51N7. The van der Waals surface area contributed by atoms with E-state index in [-0.39, 0.29) is 0 Å². The maximum Gasteiger partial charge on any atom is 0.160 e. The second-order valence-electron chi connectivity index (χ2n) is 23.1. The topological polar surface area (TPSA) is 88.2 Å². The fourth-order valence-corrected chi connectivity index (χ4v) is 13.6. The average Bonchev–Trinajstić information content (AvgIpc) is 1.66. The van der Waals surface area contributed by atoms with Gasteiger partial charge in [-0.05, 0) is 149 Å². The zero-order chi connectivity index (χ0) is 60.5. The van der Waals surface area contributed by atoms with Gasteiger partial charge in [-0.15, -0.1) is 0 Å². The third kappa shape index (κ3) is 8.96. The van der Waals surface area contributed by atoms with E-state index in [1.807, 2.05) is 60.7 Å². The minimum atomic E-state index is 0.597. The first-order chi connectivity index (χ1) is 45.0. The summed E-state index contributed by atoms with van der Waals surface area (Å²) in [6, 6.07) is 114. The van der Waals surface area contributed by atoms with Crippen molar-refractivity contribution in [3.05, 3.63) is 321 Å². The Morgan fingerprint density at radius 2 is 0.571 bits per heavy atom. The van der Waals surface area contributed by atoms with Gasteiger partial charge in [0.1, 0.15) is 0 Å². The molecule has 7 heteroatoms. The lowest BCUT2D eigenvalue weighted by Crippen LogP contribution is -2.03. The summed E-state index contributed by atoms with van der Waals surface area (Å²) in [6.07, 6.45) is 0. The van der Waals surface area contributed by atoms with Crippen LogP contribution in [-0.4, -0.2) is 23.7 Å². The molecule has 4 aromatic heterocycles. The highest BCUT2D eigenvalue weighted by Gasteiger charge is 2.25. The molecule has 4 heterocycles. The highest BCUT2D eigenvalue weighted by atomic mass is 15.0. The minimum absolute atomic E-state index is 0.597. The van der Waals surface area contributed by atoms with Crippen molar-refractivity contribution in [1.82, 2.24) is 23.7 Å². The molecule has 0 saturated heterocycles. The zero-order valence-corrected chi connectivity index (χ0v) is 49.1. The Morgan fingerprint density at radius 3 is 0.945 bits per heavy atom. The molecule has 0 aliphatic carbocycles. The van der Waals surface area contributed by atoms with Gasteiger partial charge in [0.2, 0.25) is 0 Å². The van der Waals surface area contributed by atoms with Gasteiger partial charge in [-0.3, -0.25) is 0 Å². The zero-order valence-electron chi connectivity index (χ0n) is 49.1. The van der Waals surface area contributed by atoms with E-state index < -0.39 is 0 Å². The minimum Gasteiger partial charge on any atom is -0.309 e. The van der Waals surface area contributed by atoms with Crippen LogP contribution in [0.1, 0.15) is 11.1 Å². The van der Waals surface area contributed by atoms with Crippen molar-refractivity contribution >= 4 is 65.4 Å². The lowest BCUT2D eigenvalue weighted by molar-refractivity contribution is 1.16. The number of para-hydroxylation sites is 4. The largest absolute Gasteiger partial charge is 0.309 e. The molecule has 0 fully saturated rings. The van der Waals surface area contributed by atoms with E-state index in [4.69, 9.17) is 9.97 Å². The highest BCUT2D eigenvalue weighted by molar-refractivity contribution is 6.14. The van der Waals surface area contributed by atoms with Crippen molar-refractivity contribution in [3.8, 4) is 108 Å². The third-order valence-corrected chi connectivity index (χ3v) is 17.9. The molecule has 0 N–H and O–H groups in total. The van der Waals surface area contributed by atoms with E-state index in [1.165, 1.54) is 21.5 Å². The van der Waals surface area contributed by atoms with E-state index in [0.29, 0.717) is 17.0 Å². The first kappa shape index (κ1) is 52.6. The Hall–Kier alpha value is -12.7. The van der Waals surface area contributed by atoms with Crippen LogP contribution in [0, 0.1) is 22.7 Å². The summed E-state index contributed by atoms with van der Waals surface area (Å²) in [4.78, 5) is 11.0. The average molecular weight is 1160 g/mol. The Morgan fingerprint density at radius 1 is 0.242 bits per heavy atom. The van der Waals surface area contributed by atoms with Crippen molar-refractivity contribution < 1.29 is 0 Å². The third-order valence-electron chi connectivity index (χ3n) is 17.9. The normalized spacial score (nSPS) is 11.5. The van der Waals surface area contributed by atoms with Gasteiger partial charge in [-0.1, -0.05) is 194 Å². The number of nitriles is 2. The Labute approximate surface area is 524 Å². The highest BCUT2D eigenvalue weighted by Crippen LogP contribution is 2.47. The molecule has 0 aliphatic heterocycles. The van der Waals surface area contributed by atoms with Crippen molar-refractivity contribution in [2.75, 3.05) is 0 Å². The van der Waals surface area contributed by atoms with Gasteiger partial charge >= 0.3 is 0 Å². The summed E-state index contributed by atoms with van der Waals surface area (Å²) in [5, 5.41) is 26.6. The molecule has 0 saturated carbocycles. The van der Waals surface area contributed by atoms with Gasteiger partial charge in [0.25, 0.3) is 0 Å². The first-order valence-corrected chi connectivity index (χ1v) is 30.5. The number of hydrogen-bond acceptors (Lipinski definition) is 4. The molecular weight excluding hydrogens is 1110 g/mol. The predicted octanol–water partition coefficient (Wildman–Crippen LogP) is 21.2. The van der Waals surface area contributed by atoms with Gasteiger partial charge < -0.3 is 13.7 Å². The summed E-state index contributed by atoms with van der Waals surface area (Å²) in [6.45, 7) is 0. The number of rotatable bonds is 10. The second kappa shape index (κ2) is 21.6. The molecule has 0 amide bonds. The van der Waals surface area contributed by atoms with Gasteiger partial charge in [0, 0.05) is 71.5 Å². The van der Waals surface area contributed by atoms with Crippen LogP contribution in [0.3, 0.4) is 0 Å². The SMILES string of the molecule is N#Cc1ccc(-c2ccc3c(c2)c2cc(-c4ccc(C#N)cc4)ccc2n3-c2c(-c3ccc(-n4c5ccccc5c5ccccc54)cc3)cc(-c3nc(-c4ccccc4)cc(-c4ccccc4)n3)cc2-c2ccc(-n3c4ccccc4c4ccccc43)cc2)cc1. The molecule has 0 bridgehead atoms. The van der Waals surface area contributed by atoms with Gasteiger partial charge in [0.05, 0.1) is 73.4 Å². The summed E-state index contributed by atoms with van der Waals surface area (Å²) < 4.78 is 7.20. The van der Waals surface area contributed by atoms with Crippen molar-refractivity contribution in [3.63, 3.8) is 0 Å². The molecule has 13 aromatic carbocycles. The summed E-state index contributed by atoms with van der Waals surface area (Å²) in [5.41, 5.74) is 23.4. The van der Waals surface area contributed by atoms with E-state index in [9.17, 15) is 10.5 Å². The van der Waals surface area contributed by atoms with Crippen LogP contribution in [0.4, 0.5) is 0 Å². The van der Waals surface area contributed by atoms with Crippen LogP contribution in [0.5, 0.6) is 0 Å². The lowest BCUT2D eigenvalue weighted by Gasteiger charge is -2.22. The maximum atomic E-state index is 9.82. The summed E-state index contributed by atoms with van der Waals surface area (Å²) >= 11 is 0. The van der Waals surface area contributed by atoms with Gasteiger partial charge in [-0.2, -0.15) is 10.5 Å². The van der Waals surface area contributed by atoms with Crippen LogP contribution < -0.4 is 0 Å². The second-order valence-corrected chi connectivity index (χ2v) is 23.1. The molecule has 17 aromatic rings. The number of aromatic nitrogens is 5. The van der Waals surface area contributed by atoms with Crippen LogP contribution >= 0.6 is 0 Å². The molecule has 0 atom stereocenters. The quantitative estimate of drug-likeness (QED) is 0.136. The fraction of sp³-hybridized carbons (Fsp3) is 0. The van der Waals surface area contributed by atoms with Crippen molar-refractivity contribution in [2.45, 2.75) is 0 Å². The van der Waals surface area contributed by atoms with Crippen molar-refractivity contribution in [1.29, 1.82) is 10.5 Å². The predicted molar refractivity (Wildman–Crippen MR) is 373 cm³/mol. The Bertz CT molecular complexity index is 5350. The monoisotopic (exact) mass is 1160 g/mol. The van der Waals surface area contributed by atoms with E-state index in [0.717, 1.165) is 134 Å². The van der Waals surface area contributed by atoms with Crippen LogP contribution in [-0.2, 0) is 0 Å². The maximum absolute atomic E-state index is 9.82. The number of nitrogens with zero attached hydrogens (tertiary/aromatic N) is 7. The van der Waals surface area contributed by atoms with Crippen LogP contribution in [0.15, 0.2) is 309 Å². The molecule has 0 radical (unpaired) electrons. The molecule has 91 heavy (non-hydrogen) atoms. The van der Waals surface area contributed by atoms with E-state index in [2.05, 4.69) is 275 Å². The first-order valence-electron chi connectivity index (χ1n) is 30.5. The molecule has 0 spiro atoms. The summed E-state index contributed by atoms with van der Waals surface area (Å²) in [5.74, 6) is 0.597. The Balaban J connectivity index is 0.972. The Kier molecular flexibility index (Phi) is 12.5. The molecule has 17 rings (SSSR count). The van der Waals surface area contributed by atoms with Gasteiger partial charge in [-0.25, -0.2) is 9.97 Å². The van der Waals surface area contributed by atoms with E-state index >= 15 is 0 Å². The fourth-order valence-electron chi connectivity index (χ4n) is 13.6. The molecule has 0 unspecified atom stereocenters. The van der Waals surface area contributed by atoms with Crippen LogP contribution in [0.2, 0.25) is 0 Å². The lowest BCUT2D eigenvalue weighted by atomic mass is 9.92. The number of hydrogen-bond donors (Lipinski definition) is 0. The van der Waals surface area contributed by atoms with Crippen LogP contribution in [0.25, 0.3) is 161 Å².